The molecule has 0 saturated carbocycles. The van der Waals surface area contributed by atoms with Crippen molar-refractivity contribution in [3.8, 4) is 0 Å². The van der Waals surface area contributed by atoms with Crippen molar-refractivity contribution < 1.29 is 13.2 Å². The highest BCUT2D eigenvalue weighted by Crippen LogP contribution is 2.34. The number of nitrogens with one attached hydrogen (secondary N) is 1. The van der Waals surface area contributed by atoms with E-state index in [1.54, 1.807) is 6.07 Å². The van der Waals surface area contributed by atoms with Gasteiger partial charge in [0, 0.05) is 11.4 Å². The van der Waals surface area contributed by atoms with Crippen molar-refractivity contribution >= 4 is 55.3 Å². The van der Waals surface area contributed by atoms with E-state index in [1.165, 1.54) is 26.6 Å². The third-order valence-corrected chi connectivity index (χ3v) is 9.68. The number of carbonyl (C=O) groups is 1. The molecular formula is C17H20ClN3O3S3. The fourth-order valence-electron chi connectivity index (χ4n) is 3.62. The first kappa shape index (κ1) is 19.3. The number of hydrogen-bond donors (Lipinski definition) is 1. The molecule has 1 fully saturated rings. The molecule has 0 bridgehead atoms. The van der Waals surface area contributed by atoms with E-state index >= 15 is 0 Å². The van der Waals surface area contributed by atoms with Crippen LogP contribution in [0.5, 0.6) is 0 Å². The molecule has 6 nitrogen and oxygen atoms in total. The van der Waals surface area contributed by atoms with Crippen LogP contribution < -0.4 is 5.32 Å². The van der Waals surface area contributed by atoms with E-state index < -0.39 is 16.1 Å². The first-order valence-electron chi connectivity index (χ1n) is 8.91. The zero-order valence-electron chi connectivity index (χ0n) is 14.8. The summed E-state index contributed by atoms with van der Waals surface area (Å²) in [6.07, 6.45) is 4.20. The van der Waals surface area contributed by atoms with E-state index in [0.29, 0.717) is 34.8 Å². The van der Waals surface area contributed by atoms with E-state index in [2.05, 4.69) is 17.2 Å². The largest absolute Gasteiger partial charge is 0.301 e. The van der Waals surface area contributed by atoms with Gasteiger partial charge in [0.1, 0.15) is 10.3 Å². The van der Waals surface area contributed by atoms with Crippen molar-refractivity contribution in [3.05, 3.63) is 27.0 Å². The fraction of sp³-hybridized carbons (Fsp3) is 0.529. The molecule has 10 heteroatoms. The average molecular weight is 446 g/mol. The number of thiazole rings is 1. The molecule has 1 amide bonds. The lowest BCUT2D eigenvalue weighted by Crippen LogP contribution is -2.42. The Bertz CT molecular complexity index is 969. The van der Waals surface area contributed by atoms with Gasteiger partial charge >= 0.3 is 0 Å². The molecule has 4 rings (SSSR count). The number of amides is 1. The highest BCUT2D eigenvalue weighted by atomic mass is 35.5. The van der Waals surface area contributed by atoms with E-state index in [0.717, 1.165) is 36.3 Å². The van der Waals surface area contributed by atoms with Crippen molar-refractivity contribution in [2.24, 2.45) is 5.92 Å². The number of fused-ring (bicyclic) bond motifs is 1. The van der Waals surface area contributed by atoms with Gasteiger partial charge in [0.05, 0.1) is 10.0 Å². The number of aryl methyl sites for hydroxylation is 1. The van der Waals surface area contributed by atoms with E-state index in [1.807, 2.05) is 0 Å². The Morgan fingerprint density at radius 2 is 2.15 bits per heavy atom. The van der Waals surface area contributed by atoms with Crippen molar-refractivity contribution in [2.45, 2.75) is 49.3 Å². The summed E-state index contributed by atoms with van der Waals surface area (Å²) in [7, 11) is -3.72. The Morgan fingerprint density at radius 3 is 2.89 bits per heavy atom. The van der Waals surface area contributed by atoms with Crippen LogP contribution >= 0.6 is 34.3 Å². The van der Waals surface area contributed by atoms with Crippen LogP contribution in [-0.4, -0.2) is 36.2 Å². The number of hydrogen-bond acceptors (Lipinski definition) is 6. The Hall–Kier alpha value is -1.000. The van der Waals surface area contributed by atoms with Gasteiger partial charge < -0.3 is 5.32 Å². The normalized spacial score (nSPS) is 23.3. The second kappa shape index (κ2) is 7.44. The van der Waals surface area contributed by atoms with Crippen LogP contribution in [0.25, 0.3) is 0 Å². The zero-order chi connectivity index (χ0) is 19.2. The van der Waals surface area contributed by atoms with Gasteiger partial charge in [0.15, 0.2) is 5.13 Å². The molecule has 2 aromatic rings. The molecule has 0 unspecified atom stereocenters. The second-order valence-electron chi connectivity index (χ2n) is 7.06. The lowest BCUT2D eigenvalue weighted by Gasteiger charge is -2.22. The van der Waals surface area contributed by atoms with Gasteiger partial charge in [-0.2, -0.15) is 4.31 Å². The van der Waals surface area contributed by atoms with Crippen molar-refractivity contribution in [2.75, 3.05) is 11.9 Å². The quantitative estimate of drug-likeness (QED) is 0.776. The van der Waals surface area contributed by atoms with Gasteiger partial charge in [-0.1, -0.05) is 18.5 Å². The summed E-state index contributed by atoms with van der Waals surface area (Å²) in [6.45, 7) is 2.56. The maximum atomic E-state index is 12.9. The van der Waals surface area contributed by atoms with Crippen LogP contribution in [0.4, 0.5) is 5.13 Å². The minimum Gasteiger partial charge on any atom is -0.301 e. The molecular weight excluding hydrogens is 426 g/mol. The van der Waals surface area contributed by atoms with Crippen LogP contribution in [0, 0.1) is 5.92 Å². The molecule has 2 aromatic heterocycles. The number of nitrogens with zero attached hydrogens (tertiary/aromatic N) is 2. The summed E-state index contributed by atoms with van der Waals surface area (Å²) >= 11 is 8.41. The predicted octanol–water partition coefficient (Wildman–Crippen LogP) is 3.77. The summed E-state index contributed by atoms with van der Waals surface area (Å²) in [5.74, 6) is 0.326. The molecule has 0 spiro atoms. The number of anilines is 1. The molecule has 1 N–H and O–H groups in total. The van der Waals surface area contributed by atoms with Gasteiger partial charge in [-0.3, -0.25) is 4.79 Å². The number of rotatable bonds is 4. The molecule has 3 heterocycles. The minimum atomic E-state index is -3.72. The average Bonchev–Trinajstić information content (AvgIpc) is 3.32. The predicted molar refractivity (Wildman–Crippen MR) is 108 cm³/mol. The Balaban J connectivity index is 1.51. The first-order chi connectivity index (χ1) is 12.8. The van der Waals surface area contributed by atoms with Crippen LogP contribution in [0.3, 0.4) is 0 Å². The molecule has 27 heavy (non-hydrogen) atoms. The van der Waals surface area contributed by atoms with Crippen molar-refractivity contribution in [1.82, 2.24) is 9.29 Å². The number of thiophene rings is 1. The first-order valence-corrected chi connectivity index (χ1v) is 12.4. The molecule has 146 valence electrons. The molecule has 0 radical (unpaired) electrons. The lowest BCUT2D eigenvalue weighted by molar-refractivity contribution is -0.119. The topological polar surface area (TPSA) is 79.4 Å². The lowest BCUT2D eigenvalue weighted by atomic mass is 9.93. The van der Waals surface area contributed by atoms with Crippen LogP contribution in [0.2, 0.25) is 4.34 Å². The monoisotopic (exact) mass is 445 g/mol. The highest BCUT2D eigenvalue weighted by Gasteiger charge is 2.40. The smallest absolute Gasteiger partial charge is 0.253 e. The van der Waals surface area contributed by atoms with Gasteiger partial charge in [0.25, 0.3) is 10.0 Å². The number of sulfonamides is 1. The van der Waals surface area contributed by atoms with Gasteiger partial charge in [-0.15, -0.1) is 22.7 Å². The minimum absolute atomic E-state index is 0.172. The number of halogens is 1. The van der Waals surface area contributed by atoms with Crippen LogP contribution in [0.1, 0.15) is 36.8 Å². The van der Waals surface area contributed by atoms with Crippen LogP contribution in [-0.2, 0) is 27.7 Å². The second-order valence-corrected chi connectivity index (χ2v) is 12.0. The van der Waals surface area contributed by atoms with Crippen molar-refractivity contribution in [3.63, 3.8) is 0 Å². The molecule has 1 aliphatic heterocycles. The molecule has 0 aromatic carbocycles. The summed E-state index contributed by atoms with van der Waals surface area (Å²) in [6, 6.07) is 2.34. The van der Waals surface area contributed by atoms with Gasteiger partial charge in [0.2, 0.25) is 5.91 Å². The van der Waals surface area contributed by atoms with Crippen molar-refractivity contribution in [1.29, 1.82) is 0 Å². The number of carbonyl (C=O) groups excluding carboxylic acids is 1. The van der Waals surface area contributed by atoms with Crippen LogP contribution in [0.15, 0.2) is 16.3 Å². The highest BCUT2D eigenvalue weighted by molar-refractivity contribution is 7.91. The molecule has 1 aliphatic carbocycles. The Labute approximate surface area is 171 Å². The molecule has 2 atom stereocenters. The van der Waals surface area contributed by atoms with Gasteiger partial charge in [-0.25, -0.2) is 13.4 Å². The Kier molecular flexibility index (Phi) is 5.32. The molecule has 2 aliphatic rings. The summed E-state index contributed by atoms with van der Waals surface area (Å²) < 4.78 is 27.7. The summed E-state index contributed by atoms with van der Waals surface area (Å²) in [5.41, 5.74) is 1.07. The van der Waals surface area contributed by atoms with E-state index in [4.69, 9.17) is 11.6 Å². The SMILES string of the molecule is C[C@@H]1CCc2nc(NC(=O)[C@H]3CCCN3S(=O)(=O)c3ccc(Cl)s3)sc2C1. The van der Waals surface area contributed by atoms with E-state index in [-0.39, 0.29) is 10.1 Å². The summed E-state index contributed by atoms with van der Waals surface area (Å²) in [4.78, 5) is 18.6. The maximum Gasteiger partial charge on any atom is 0.253 e. The third kappa shape index (κ3) is 3.80. The zero-order valence-corrected chi connectivity index (χ0v) is 18.0. The van der Waals surface area contributed by atoms with Gasteiger partial charge in [-0.05, 0) is 50.2 Å². The van der Waals surface area contributed by atoms with E-state index in [9.17, 15) is 13.2 Å². The third-order valence-electron chi connectivity index (χ3n) is 5.03. The molecule has 1 saturated heterocycles. The standard InChI is InChI=1S/C17H20ClN3O3S3/c1-10-4-5-11-13(9-10)25-17(19-11)20-16(22)12-3-2-8-21(12)27(23,24)15-7-6-14(18)26-15/h6-7,10,12H,2-5,8-9H2,1H3,(H,19,20,22)/t10-,12-/m1/s1. The Morgan fingerprint density at radius 1 is 1.33 bits per heavy atom. The fourth-order valence-corrected chi connectivity index (χ4v) is 8.07. The number of aromatic nitrogens is 1. The maximum absolute atomic E-state index is 12.9. The summed E-state index contributed by atoms with van der Waals surface area (Å²) in [5, 5.41) is 3.43.